The van der Waals surface area contributed by atoms with Gasteiger partial charge in [-0.15, -0.1) is 0 Å². The number of carbonyl (C=O) groups is 1. The van der Waals surface area contributed by atoms with E-state index in [1.807, 2.05) is 0 Å². The number of hydrogen-bond acceptors (Lipinski definition) is 5. The number of ether oxygens (including phenoxy) is 1. The number of aryl methyl sites for hydroxylation is 1. The molecular weight excluding hydrogens is 353 g/mol. The zero-order valence-electron chi connectivity index (χ0n) is 14.7. The highest BCUT2D eigenvalue weighted by Crippen LogP contribution is 2.22. The number of halogens is 1. The fourth-order valence-corrected chi connectivity index (χ4v) is 2.72. The molecule has 0 aliphatic rings. The van der Waals surface area contributed by atoms with Crippen molar-refractivity contribution in [1.82, 2.24) is 9.78 Å². The second-order valence-corrected chi connectivity index (χ2v) is 5.98. The van der Waals surface area contributed by atoms with Crippen LogP contribution in [-0.4, -0.2) is 20.7 Å². The molecular formula is C19H16FN3O4. The monoisotopic (exact) mass is 369 g/mol. The number of esters is 1. The molecule has 0 aliphatic heterocycles. The zero-order chi connectivity index (χ0) is 19.6. The number of carbonyl (C=O) groups excluding carboxylic acids is 1. The summed E-state index contributed by atoms with van der Waals surface area (Å²) in [5, 5.41) is 15.3. The van der Waals surface area contributed by atoms with Crippen LogP contribution in [0, 0.1) is 29.8 Å². The Kier molecular flexibility index (Phi) is 4.98. The van der Waals surface area contributed by atoms with Crippen molar-refractivity contribution in [3.05, 3.63) is 87.0 Å². The van der Waals surface area contributed by atoms with Gasteiger partial charge in [-0.1, -0.05) is 18.2 Å². The lowest BCUT2D eigenvalue weighted by Crippen LogP contribution is -2.09. The van der Waals surface area contributed by atoms with Crippen molar-refractivity contribution in [2.45, 2.75) is 20.4 Å². The van der Waals surface area contributed by atoms with E-state index in [-0.39, 0.29) is 11.4 Å². The molecule has 3 aromatic rings. The Morgan fingerprint density at radius 2 is 1.93 bits per heavy atom. The third-order valence-corrected chi connectivity index (χ3v) is 4.05. The quantitative estimate of drug-likeness (QED) is 0.295. The maximum atomic E-state index is 13.2. The van der Waals surface area contributed by atoms with Gasteiger partial charge < -0.3 is 4.74 Å². The van der Waals surface area contributed by atoms with Crippen molar-refractivity contribution < 1.29 is 18.8 Å². The average Bonchev–Trinajstić information content (AvgIpc) is 2.89. The molecule has 1 aromatic heterocycles. The highest BCUT2D eigenvalue weighted by atomic mass is 19.1. The molecule has 0 amide bonds. The number of rotatable bonds is 5. The van der Waals surface area contributed by atoms with Crippen LogP contribution >= 0.6 is 0 Å². The van der Waals surface area contributed by atoms with Crippen LogP contribution in [0.3, 0.4) is 0 Å². The first kappa shape index (κ1) is 18.2. The van der Waals surface area contributed by atoms with E-state index >= 15 is 0 Å². The van der Waals surface area contributed by atoms with Crippen LogP contribution in [0.25, 0.3) is 0 Å². The maximum absolute atomic E-state index is 13.2. The van der Waals surface area contributed by atoms with Crippen molar-refractivity contribution in [2.75, 3.05) is 0 Å². The van der Waals surface area contributed by atoms with E-state index in [0.717, 1.165) is 11.6 Å². The van der Waals surface area contributed by atoms with E-state index in [9.17, 15) is 19.3 Å². The molecule has 2 aromatic carbocycles. The van der Waals surface area contributed by atoms with E-state index in [0.29, 0.717) is 23.5 Å². The fraction of sp³-hybridized carbons (Fsp3) is 0.158. The molecule has 0 unspecified atom stereocenters. The molecule has 7 nitrogen and oxygen atoms in total. The van der Waals surface area contributed by atoms with Gasteiger partial charge in [0, 0.05) is 6.07 Å². The van der Waals surface area contributed by atoms with Gasteiger partial charge in [0.25, 0.3) is 0 Å². The van der Waals surface area contributed by atoms with Gasteiger partial charge in [0.2, 0.25) is 0 Å². The topological polar surface area (TPSA) is 87.3 Å². The molecule has 27 heavy (non-hydrogen) atoms. The van der Waals surface area contributed by atoms with Crippen molar-refractivity contribution in [3.8, 4) is 5.75 Å². The lowest BCUT2D eigenvalue weighted by atomic mass is 10.1. The van der Waals surface area contributed by atoms with Crippen molar-refractivity contribution in [1.29, 1.82) is 0 Å². The molecule has 138 valence electrons. The molecule has 0 N–H and O–H groups in total. The van der Waals surface area contributed by atoms with Gasteiger partial charge in [-0.3, -0.25) is 14.8 Å². The lowest BCUT2D eigenvalue weighted by molar-refractivity contribution is -0.386. The Bertz CT molecular complexity index is 1010. The van der Waals surface area contributed by atoms with Gasteiger partial charge in [0.1, 0.15) is 23.0 Å². The third-order valence-electron chi connectivity index (χ3n) is 4.05. The summed E-state index contributed by atoms with van der Waals surface area (Å²) in [6.07, 6.45) is 0. The Morgan fingerprint density at radius 3 is 2.52 bits per heavy atom. The van der Waals surface area contributed by atoms with E-state index in [1.165, 1.54) is 18.2 Å². The number of aromatic nitrogens is 2. The summed E-state index contributed by atoms with van der Waals surface area (Å²) < 4.78 is 19.8. The summed E-state index contributed by atoms with van der Waals surface area (Å²) in [4.78, 5) is 22.8. The van der Waals surface area contributed by atoms with Crippen LogP contribution < -0.4 is 4.74 Å². The zero-order valence-corrected chi connectivity index (χ0v) is 14.7. The molecule has 0 aliphatic carbocycles. The van der Waals surface area contributed by atoms with Gasteiger partial charge in [-0.2, -0.15) is 5.10 Å². The van der Waals surface area contributed by atoms with Crippen LogP contribution in [0.5, 0.6) is 5.75 Å². The van der Waals surface area contributed by atoms with Crippen molar-refractivity contribution >= 4 is 11.7 Å². The van der Waals surface area contributed by atoms with Crippen LogP contribution in [0.2, 0.25) is 0 Å². The number of nitro groups is 1. The fourth-order valence-electron chi connectivity index (χ4n) is 2.72. The largest absolute Gasteiger partial charge is 0.423 e. The summed E-state index contributed by atoms with van der Waals surface area (Å²) in [7, 11) is 0. The van der Waals surface area contributed by atoms with E-state index in [2.05, 4.69) is 5.10 Å². The summed E-state index contributed by atoms with van der Waals surface area (Å²) in [6.45, 7) is 3.57. The van der Waals surface area contributed by atoms with Gasteiger partial charge in [-0.05, 0) is 43.7 Å². The Morgan fingerprint density at radius 1 is 1.22 bits per heavy atom. The van der Waals surface area contributed by atoms with E-state index in [4.69, 9.17) is 4.74 Å². The van der Waals surface area contributed by atoms with Crippen LogP contribution in [0.15, 0.2) is 48.5 Å². The first-order valence-electron chi connectivity index (χ1n) is 8.10. The molecule has 0 atom stereocenters. The van der Waals surface area contributed by atoms with E-state index in [1.54, 1.807) is 42.8 Å². The van der Waals surface area contributed by atoms with Gasteiger partial charge in [-0.25, -0.2) is 9.18 Å². The smallest absolute Gasteiger partial charge is 0.343 e. The van der Waals surface area contributed by atoms with Gasteiger partial charge >= 0.3 is 11.7 Å². The standard InChI is InChI=1S/C19H16FN3O4/c1-12-18(23(25)26)13(2)22(21-12)11-14-6-8-15(9-7-14)19(24)27-17-5-3-4-16(20)10-17/h3-10H,11H2,1-2H3. The molecule has 0 spiro atoms. The maximum Gasteiger partial charge on any atom is 0.343 e. The molecule has 0 saturated heterocycles. The summed E-state index contributed by atoms with van der Waals surface area (Å²) in [5.41, 5.74) is 1.95. The second-order valence-electron chi connectivity index (χ2n) is 5.98. The van der Waals surface area contributed by atoms with Crippen LogP contribution in [0.1, 0.15) is 27.3 Å². The summed E-state index contributed by atoms with van der Waals surface area (Å²) in [5.74, 6) is -0.970. The second kappa shape index (κ2) is 7.36. The number of nitrogens with zero attached hydrogens (tertiary/aromatic N) is 3. The molecule has 8 heteroatoms. The Balaban J connectivity index is 1.73. The molecule has 0 fully saturated rings. The minimum absolute atomic E-state index is 0.00490. The molecule has 0 radical (unpaired) electrons. The van der Waals surface area contributed by atoms with Crippen LogP contribution in [0.4, 0.5) is 10.1 Å². The normalized spacial score (nSPS) is 10.6. The highest BCUT2D eigenvalue weighted by molar-refractivity contribution is 5.91. The predicted molar refractivity (Wildman–Crippen MR) is 95.3 cm³/mol. The van der Waals surface area contributed by atoms with Crippen LogP contribution in [-0.2, 0) is 6.54 Å². The minimum Gasteiger partial charge on any atom is -0.423 e. The van der Waals surface area contributed by atoms with Gasteiger partial charge in [0.05, 0.1) is 17.0 Å². The molecule has 3 rings (SSSR count). The van der Waals surface area contributed by atoms with Gasteiger partial charge in [0.15, 0.2) is 0 Å². The van der Waals surface area contributed by atoms with Crippen molar-refractivity contribution in [3.63, 3.8) is 0 Å². The Hall–Kier alpha value is -3.55. The first-order valence-corrected chi connectivity index (χ1v) is 8.10. The minimum atomic E-state index is -0.603. The number of benzene rings is 2. The van der Waals surface area contributed by atoms with Crippen molar-refractivity contribution in [2.24, 2.45) is 0 Å². The van der Waals surface area contributed by atoms with E-state index < -0.39 is 16.7 Å². The molecule has 1 heterocycles. The average molecular weight is 369 g/mol. The highest BCUT2D eigenvalue weighted by Gasteiger charge is 2.21. The Labute approximate surface area is 154 Å². The number of hydrogen-bond donors (Lipinski definition) is 0. The summed E-state index contributed by atoms with van der Waals surface area (Å²) >= 11 is 0. The first-order chi connectivity index (χ1) is 12.8. The predicted octanol–water partition coefficient (Wildman–Crippen LogP) is 3.81. The molecule has 0 saturated carbocycles. The third kappa shape index (κ3) is 4.00. The lowest BCUT2D eigenvalue weighted by Gasteiger charge is -2.07. The molecule has 0 bridgehead atoms. The summed E-state index contributed by atoms with van der Waals surface area (Å²) in [6, 6.07) is 11.9. The SMILES string of the molecule is Cc1nn(Cc2ccc(C(=O)Oc3cccc(F)c3)cc2)c(C)c1[N+](=O)[O-].